The van der Waals surface area contributed by atoms with E-state index in [-0.39, 0.29) is 22.6 Å². The lowest BCUT2D eigenvalue weighted by molar-refractivity contribution is 0.181. The van der Waals surface area contributed by atoms with Gasteiger partial charge in [-0.25, -0.2) is 12.8 Å². The van der Waals surface area contributed by atoms with Crippen LogP contribution in [0, 0.1) is 5.82 Å². The molecule has 0 saturated carbocycles. The van der Waals surface area contributed by atoms with Crippen molar-refractivity contribution in [3.05, 3.63) is 29.0 Å². The molecule has 0 bridgehead atoms. The first kappa shape index (κ1) is 19.4. The van der Waals surface area contributed by atoms with E-state index in [9.17, 15) is 12.8 Å². The predicted molar refractivity (Wildman–Crippen MR) is 97.9 cm³/mol. The zero-order valence-electron chi connectivity index (χ0n) is 13.3. The molecule has 2 rings (SSSR count). The lowest BCUT2D eigenvalue weighted by atomic mass is 10.2. The second-order valence-corrected chi connectivity index (χ2v) is 8.68. The molecule has 1 aromatic rings. The van der Waals surface area contributed by atoms with Gasteiger partial charge in [-0.2, -0.15) is 0 Å². The van der Waals surface area contributed by atoms with Crippen LogP contribution >= 0.6 is 23.8 Å². The average Bonchev–Trinajstić information content (AvgIpc) is 2.87. The molecule has 1 aromatic carbocycles. The molecular formula is C15H20ClFN2O3S2. The fraction of sp³-hybridized carbons (Fsp3) is 0.533. The highest BCUT2D eigenvalue weighted by Gasteiger charge is 2.33. The number of thiocarbonyl (C=S) groups is 1. The molecule has 0 amide bonds. The average molecular weight is 395 g/mol. The summed E-state index contributed by atoms with van der Waals surface area (Å²) in [5, 5.41) is 3.41. The van der Waals surface area contributed by atoms with Gasteiger partial charge in [0.05, 0.1) is 16.5 Å². The third-order valence-electron chi connectivity index (χ3n) is 3.83. The summed E-state index contributed by atoms with van der Waals surface area (Å²) in [5.41, 5.74) is 0.559. The molecule has 1 fully saturated rings. The summed E-state index contributed by atoms with van der Waals surface area (Å²) in [7, 11) is -1.41. The first-order valence-electron chi connectivity index (χ1n) is 7.54. The number of hydrogen-bond donors (Lipinski definition) is 1. The third-order valence-corrected chi connectivity index (χ3v) is 6.20. The van der Waals surface area contributed by atoms with E-state index in [1.807, 2.05) is 4.90 Å². The summed E-state index contributed by atoms with van der Waals surface area (Å²) in [4.78, 5) is 1.87. The molecule has 1 N–H and O–H groups in total. The Labute approximate surface area is 152 Å². The van der Waals surface area contributed by atoms with Crippen molar-refractivity contribution >= 4 is 44.5 Å². The number of benzene rings is 1. The summed E-state index contributed by atoms with van der Waals surface area (Å²) in [6, 6.07) is 4.07. The van der Waals surface area contributed by atoms with E-state index in [1.54, 1.807) is 7.11 Å². The summed E-state index contributed by atoms with van der Waals surface area (Å²) in [5.74, 6) is -0.248. The van der Waals surface area contributed by atoms with Gasteiger partial charge in [0.25, 0.3) is 0 Å². The molecule has 1 atom stereocenters. The van der Waals surface area contributed by atoms with Crippen molar-refractivity contribution in [3.8, 4) is 0 Å². The van der Waals surface area contributed by atoms with Crippen LogP contribution in [0.1, 0.15) is 12.8 Å². The molecule has 134 valence electrons. The highest BCUT2D eigenvalue weighted by atomic mass is 35.5. The van der Waals surface area contributed by atoms with E-state index in [0.29, 0.717) is 30.4 Å². The smallest absolute Gasteiger partial charge is 0.173 e. The van der Waals surface area contributed by atoms with Gasteiger partial charge < -0.3 is 15.0 Å². The van der Waals surface area contributed by atoms with Gasteiger partial charge in [0.1, 0.15) is 5.82 Å². The molecule has 1 aliphatic heterocycles. The van der Waals surface area contributed by atoms with Gasteiger partial charge >= 0.3 is 0 Å². The maximum absolute atomic E-state index is 13.2. The minimum atomic E-state index is -3.02. The Morgan fingerprint density at radius 3 is 2.88 bits per heavy atom. The minimum absolute atomic E-state index is 0.00261. The maximum atomic E-state index is 13.2. The number of methoxy groups -OCH3 is 1. The van der Waals surface area contributed by atoms with Crippen LogP contribution in [0.15, 0.2) is 18.2 Å². The quantitative estimate of drug-likeness (QED) is 0.591. The van der Waals surface area contributed by atoms with Crippen LogP contribution < -0.4 is 5.32 Å². The minimum Gasteiger partial charge on any atom is -0.385 e. The molecule has 0 radical (unpaired) electrons. The normalized spacial score (nSPS) is 19.2. The largest absolute Gasteiger partial charge is 0.385 e. The molecule has 1 aliphatic rings. The van der Waals surface area contributed by atoms with Crippen LogP contribution in [-0.4, -0.2) is 56.2 Å². The molecular weight excluding hydrogens is 375 g/mol. The second kappa shape index (κ2) is 8.42. The first-order chi connectivity index (χ1) is 11.3. The zero-order chi connectivity index (χ0) is 17.7. The Morgan fingerprint density at radius 2 is 2.29 bits per heavy atom. The zero-order valence-corrected chi connectivity index (χ0v) is 15.7. The van der Waals surface area contributed by atoms with E-state index < -0.39 is 15.7 Å². The Kier molecular flexibility index (Phi) is 6.79. The van der Waals surface area contributed by atoms with Gasteiger partial charge in [-0.05, 0) is 43.3 Å². The topological polar surface area (TPSA) is 58.6 Å². The Balaban J connectivity index is 2.09. The SMILES string of the molecule is COCCCN(C(=S)Nc1ccc(F)c(Cl)c1)[C@@H]1CCS(=O)(=O)C1. The fourth-order valence-electron chi connectivity index (χ4n) is 2.62. The van der Waals surface area contributed by atoms with E-state index in [4.69, 9.17) is 28.6 Å². The number of anilines is 1. The van der Waals surface area contributed by atoms with Crippen LogP contribution in [-0.2, 0) is 14.6 Å². The molecule has 1 heterocycles. The van der Waals surface area contributed by atoms with Crippen molar-refractivity contribution in [1.29, 1.82) is 0 Å². The number of hydrogen-bond acceptors (Lipinski definition) is 4. The van der Waals surface area contributed by atoms with Crippen LogP contribution in [0.4, 0.5) is 10.1 Å². The van der Waals surface area contributed by atoms with Crippen LogP contribution in [0.3, 0.4) is 0 Å². The van der Waals surface area contributed by atoms with Gasteiger partial charge in [0.15, 0.2) is 14.9 Å². The van der Waals surface area contributed by atoms with Gasteiger partial charge in [-0.3, -0.25) is 0 Å². The van der Waals surface area contributed by atoms with Crippen molar-refractivity contribution < 1.29 is 17.5 Å². The van der Waals surface area contributed by atoms with E-state index in [2.05, 4.69) is 5.32 Å². The summed E-state index contributed by atoms with van der Waals surface area (Å²) >= 11 is 11.2. The van der Waals surface area contributed by atoms with E-state index in [1.165, 1.54) is 18.2 Å². The van der Waals surface area contributed by atoms with Crippen LogP contribution in [0.5, 0.6) is 0 Å². The van der Waals surface area contributed by atoms with Gasteiger partial charge in [-0.15, -0.1) is 0 Å². The van der Waals surface area contributed by atoms with Gasteiger partial charge in [0.2, 0.25) is 0 Å². The van der Waals surface area contributed by atoms with Gasteiger partial charge in [0, 0.05) is 32.0 Å². The third kappa shape index (κ3) is 5.27. The fourth-order valence-corrected chi connectivity index (χ4v) is 4.89. The van der Waals surface area contributed by atoms with E-state index >= 15 is 0 Å². The van der Waals surface area contributed by atoms with E-state index in [0.717, 1.165) is 6.42 Å². The molecule has 0 unspecified atom stereocenters. The standard InChI is InChI=1S/C15H20ClFN2O3S2/c1-22-7-2-6-19(12-5-8-24(20,21)10-12)15(23)18-11-3-4-14(17)13(16)9-11/h3-4,9,12H,2,5-8,10H2,1H3,(H,18,23)/t12-/m1/s1. The van der Waals surface area contributed by atoms with Crippen molar-refractivity contribution in [2.45, 2.75) is 18.9 Å². The monoisotopic (exact) mass is 394 g/mol. The number of halogens is 2. The van der Waals surface area contributed by atoms with Crippen molar-refractivity contribution in [2.75, 3.05) is 37.1 Å². The summed E-state index contributed by atoms with van der Waals surface area (Å²) in [6.45, 7) is 1.13. The second-order valence-electron chi connectivity index (χ2n) is 5.66. The van der Waals surface area contributed by atoms with Crippen LogP contribution in [0.2, 0.25) is 5.02 Å². The Morgan fingerprint density at radius 1 is 1.54 bits per heavy atom. The molecule has 0 aliphatic carbocycles. The number of nitrogens with one attached hydrogen (secondary N) is 1. The summed E-state index contributed by atoms with van der Waals surface area (Å²) < 4.78 is 41.8. The molecule has 5 nitrogen and oxygen atoms in total. The molecule has 1 saturated heterocycles. The highest BCUT2D eigenvalue weighted by Crippen LogP contribution is 2.22. The van der Waals surface area contributed by atoms with Crippen molar-refractivity contribution in [1.82, 2.24) is 4.90 Å². The maximum Gasteiger partial charge on any atom is 0.173 e. The van der Waals surface area contributed by atoms with Gasteiger partial charge in [-0.1, -0.05) is 11.6 Å². The van der Waals surface area contributed by atoms with Crippen molar-refractivity contribution in [3.63, 3.8) is 0 Å². The molecule has 9 heteroatoms. The lowest BCUT2D eigenvalue weighted by Crippen LogP contribution is -2.44. The summed E-state index contributed by atoms with van der Waals surface area (Å²) in [6.07, 6.45) is 1.26. The number of rotatable bonds is 6. The number of ether oxygens (including phenoxy) is 1. The molecule has 0 aromatic heterocycles. The lowest BCUT2D eigenvalue weighted by Gasteiger charge is -2.31. The highest BCUT2D eigenvalue weighted by molar-refractivity contribution is 7.91. The van der Waals surface area contributed by atoms with Crippen molar-refractivity contribution in [2.24, 2.45) is 0 Å². The Hall–Kier alpha value is -0.960. The molecule has 24 heavy (non-hydrogen) atoms. The number of nitrogens with zero attached hydrogens (tertiary/aromatic N) is 1. The predicted octanol–water partition coefficient (Wildman–Crippen LogP) is 2.70. The van der Waals surface area contributed by atoms with Crippen LogP contribution in [0.25, 0.3) is 0 Å². The number of sulfone groups is 1. The Bertz CT molecular complexity index is 700. The molecule has 0 spiro atoms. The first-order valence-corrected chi connectivity index (χ1v) is 10.1.